The van der Waals surface area contributed by atoms with Crippen molar-refractivity contribution in [2.75, 3.05) is 6.54 Å². The highest BCUT2D eigenvalue weighted by molar-refractivity contribution is 5.92. The molecule has 0 spiro atoms. The molecule has 2 bridgehead atoms. The van der Waals surface area contributed by atoms with Gasteiger partial charge >= 0.3 is 0 Å². The van der Waals surface area contributed by atoms with E-state index in [1.807, 2.05) is 11.8 Å². The van der Waals surface area contributed by atoms with Gasteiger partial charge in [-0.05, 0) is 57.1 Å². The van der Waals surface area contributed by atoms with Crippen molar-refractivity contribution in [3.05, 3.63) is 24.0 Å². The second-order valence-corrected chi connectivity index (χ2v) is 7.33. The summed E-state index contributed by atoms with van der Waals surface area (Å²) in [5.41, 5.74) is 0.299. The Bertz CT molecular complexity index is 616. The quantitative estimate of drug-likeness (QED) is 0.915. The van der Waals surface area contributed by atoms with Gasteiger partial charge in [-0.15, -0.1) is 5.10 Å². The fourth-order valence-corrected chi connectivity index (χ4v) is 4.26. The molecule has 0 aromatic carbocycles. The SMILES string of the molecule is C[C@@H]1[C@H](NC(=O)C23CC(C2)C3)CCCN1C(=O)c1cccnn1. The summed E-state index contributed by atoms with van der Waals surface area (Å²) in [5.74, 6) is 0.889. The van der Waals surface area contributed by atoms with Crippen molar-refractivity contribution in [3.63, 3.8) is 0 Å². The molecule has 6 heteroatoms. The first-order valence-corrected chi connectivity index (χ1v) is 8.49. The first-order valence-electron chi connectivity index (χ1n) is 8.49. The molecular weight excluding hydrogens is 292 g/mol. The minimum Gasteiger partial charge on any atom is -0.351 e. The van der Waals surface area contributed by atoms with Crippen LogP contribution in [-0.2, 0) is 4.79 Å². The number of amides is 2. The van der Waals surface area contributed by atoms with Gasteiger partial charge in [0, 0.05) is 30.2 Å². The Kier molecular flexibility index (Phi) is 3.36. The lowest BCUT2D eigenvalue weighted by molar-refractivity contribution is -0.166. The Morgan fingerprint density at radius 3 is 2.74 bits per heavy atom. The van der Waals surface area contributed by atoms with Crippen molar-refractivity contribution in [1.82, 2.24) is 20.4 Å². The lowest BCUT2D eigenvalue weighted by Gasteiger charge is -2.60. The molecule has 5 rings (SSSR count). The van der Waals surface area contributed by atoms with Crippen LogP contribution in [0, 0.1) is 11.3 Å². The number of hydrogen-bond donors (Lipinski definition) is 1. The van der Waals surface area contributed by atoms with Gasteiger partial charge in [-0.25, -0.2) is 0 Å². The molecule has 4 aliphatic rings. The van der Waals surface area contributed by atoms with Crippen LogP contribution in [-0.4, -0.2) is 45.5 Å². The number of likely N-dealkylation sites (tertiary alicyclic amines) is 1. The Hall–Kier alpha value is -1.98. The average molecular weight is 314 g/mol. The zero-order valence-electron chi connectivity index (χ0n) is 13.4. The molecule has 1 aliphatic heterocycles. The average Bonchev–Trinajstić information content (AvgIpc) is 2.46. The van der Waals surface area contributed by atoms with E-state index in [1.165, 1.54) is 0 Å². The summed E-state index contributed by atoms with van der Waals surface area (Å²) in [7, 11) is 0. The van der Waals surface area contributed by atoms with Crippen LogP contribution < -0.4 is 5.32 Å². The Morgan fingerprint density at radius 2 is 2.13 bits per heavy atom. The summed E-state index contributed by atoms with van der Waals surface area (Å²) in [4.78, 5) is 27.0. The Morgan fingerprint density at radius 1 is 1.35 bits per heavy atom. The molecule has 0 unspecified atom stereocenters. The van der Waals surface area contributed by atoms with Crippen LogP contribution in [0.2, 0.25) is 0 Å². The summed E-state index contributed by atoms with van der Waals surface area (Å²) in [6.07, 6.45) is 6.56. The van der Waals surface area contributed by atoms with Gasteiger partial charge in [0.1, 0.15) is 0 Å². The Balaban J connectivity index is 1.43. The first kappa shape index (κ1) is 14.6. The normalized spacial score (nSPS) is 35.0. The predicted molar refractivity (Wildman–Crippen MR) is 83.5 cm³/mol. The van der Waals surface area contributed by atoms with Crippen LogP contribution in [0.5, 0.6) is 0 Å². The van der Waals surface area contributed by atoms with E-state index in [1.54, 1.807) is 18.3 Å². The molecular formula is C17H22N4O2. The molecule has 1 N–H and O–H groups in total. The molecule has 23 heavy (non-hydrogen) atoms. The lowest BCUT2D eigenvalue weighted by Crippen LogP contribution is -2.64. The zero-order chi connectivity index (χ0) is 16.0. The summed E-state index contributed by atoms with van der Waals surface area (Å²) in [6.45, 7) is 2.72. The predicted octanol–water partition coefficient (Wildman–Crippen LogP) is 1.39. The molecule has 1 aromatic heterocycles. The number of carbonyl (C=O) groups is 2. The standard InChI is InChI=1S/C17H22N4O2/c1-11-13(19-16(23)17-8-12(9-17)10-17)5-3-7-21(11)15(22)14-4-2-6-18-20-14/h2,4,6,11-13H,3,5,7-10H2,1H3,(H,19,23)/t11-,12?,13-,17?/m1/s1. The maximum atomic E-state index is 12.6. The van der Waals surface area contributed by atoms with Gasteiger partial charge in [-0.1, -0.05) is 0 Å². The third-order valence-corrected chi connectivity index (χ3v) is 5.88. The molecule has 3 saturated carbocycles. The van der Waals surface area contributed by atoms with E-state index in [4.69, 9.17) is 0 Å². The Labute approximate surface area is 135 Å². The van der Waals surface area contributed by atoms with Crippen molar-refractivity contribution in [2.45, 2.75) is 51.1 Å². The minimum absolute atomic E-state index is 0.0189. The third-order valence-electron chi connectivity index (χ3n) is 5.88. The molecule has 2 atom stereocenters. The van der Waals surface area contributed by atoms with E-state index in [-0.39, 0.29) is 29.3 Å². The number of aromatic nitrogens is 2. The number of hydrogen-bond acceptors (Lipinski definition) is 4. The van der Waals surface area contributed by atoms with Gasteiger partial charge in [0.15, 0.2) is 5.69 Å². The van der Waals surface area contributed by atoms with Crippen molar-refractivity contribution >= 4 is 11.8 Å². The highest BCUT2D eigenvalue weighted by Gasteiger charge is 2.61. The van der Waals surface area contributed by atoms with Crippen LogP contribution in [0.15, 0.2) is 18.3 Å². The fraction of sp³-hybridized carbons (Fsp3) is 0.647. The minimum atomic E-state index is -0.102. The molecule has 1 aromatic rings. The zero-order valence-corrected chi connectivity index (χ0v) is 13.4. The molecule has 122 valence electrons. The molecule has 3 aliphatic carbocycles. The van der Waals surface area contributed by atoms with Crippen molar-refractivity contribution in [2.24, 2.45) is 11.3 Å². The van der Waals surface area contributed by atoms with Gasteiger partial charge in [-0.3, -0.25) is 9.59 Å². The largest absolute Gasteiger partial charge is 0.351 e. The summed E-state index contributed by atoms with van der Waals surface area (Å²) in [5, 5.41) is 10.9. The monoisotopic (exact) mass is 314 g/mol. The number of rotatable bonds is 3. The summed E-state index contributed by atoms with van der Waals surface area (Å²) in [6, 6.07) is 3.42. The highest BCUT2D eigenvalue weighted by Crippen LogP contribution is 2.64. The van der Waals surface area contributed by atoms with Crippen LogP contribution in [0.1, 0.15) is 49.5 Å². The molecule has 1 saturated heterocycles. The van der Waals surface area contributed by atoms with E-state index in [9.17, 15) is 9.59 Å². The van der Waals surface area contributed by atoms with Crippen molar-refractivity contribution < 1.29 is 9.59 Å². The lowest BCUT2D eigenvalue weighted by atomic mass is 9.44. The number of nitrogens with zero attached hydrogens (tertiary/aromatic N) is 3. The second kappa shape index (κ2) is 5.28. The molecule has 0 radical (unpaired) electrons. The number of carbonyl (C=O) groups excluding carboxylic acids is 2. The van der Waals surface area contributed by atoms with E-state index < -0.39 is 0 Å². The van der Waals surface area contributed by atoms with Crippen LogP contribution in [0.4, 0.5) is 0 Å². The van der Waals surface area contributed by atoms with Gasteiger partial charge in [0.25, 0.3) is 5.91 Å². The molecule has 2 heterocycles. The summed E-state index contributed by atoms with van der Waals surface area (Å²) >= 11 is 0. The van der Waals surface area contributed by atoms with E-state index in [0.29, 0.717) is 12.2 Å². The van der Waals surface area contributed by atoms with Gasteiger partial charge < -0.3 is 10.2 Å². The third kappa shape index (κ3) is 2.31. The second-order valence-electron chi connectivity index (χ2n) is 7.33. The van der Waals surface area contributed by atoms with Gasteiger partial charge in [-0.2, -0.15) is 5.10 Å². The summed E-state index contributed by atoms with van der Waals surface area (Å²) < 4.78 is 0. The fourth-order valence-electron chi connectivity index (χ4n) is 4.26. The van der Waals surface area contributed by atoms with E-state index in [2.05, 4.69) is 15.5 Å². The van der Waals surface area contributed by atoms with Gasteiger partial charge in [0.2, 0.25) is 5.91 Å². The number of nitrogens with one attached hydrogen (secondary N) is 1. The van der Waals surface area contributed by atoms with Crippen LogP contribution >= 0.6 is 0 Å². The van der Waals surface area contributed by atoms with E-state index in [0.717, 1.165) is 38.0 Å². The molecule has 4 fully saturated rings. The van der Waals surface area contributed by atoms with E-state index >= 15 is 0 Å². The number of piperidine rings is 1. The maximum Gasteiger partial charge on any atom is 0.274 e. The molecule has 6 nitrogen and oxygen atoms in total. The maximum absolute atomic E-state index is 12.6. The first-order chi connectivity index (χ1) is 11.1. The topological polar surface area (TPSA) is 75.2 Å². The van der Waals surface area contributed by atoms with Crippen LogP contribution in [0.25, 0.3) is 0 Å². The van der Waals surface area contributed by atoms with Crippen LogP contribution in [0.3, 0.4) is 0 Å². The highest BCUT2D eigenvalue weighted by atomic mass is 16.2. The van der Waals surface area contributed by atoms with Crippen molar-refractivity contribution in [1.29, 1.82) is 0 Å². The molecule has 2 amide bonds. The van der Waals surface area contributed by atoms with Gasteiger partial charge in [0.05, 0.1) is 0 Å². The van der Waals surface area contributed by atoms with Crippen molar-refractivity contribution in [3.8, 4) is 0 Å². The smallest absolute Gasteiger partial charge is 0.274 e.